The Labute approximate surface area is 192 Å². The van der Waals surface area contributed by atoms with Gasteiger partial charge in [0.05, 0.1) is 12.0 Å². The van der Waals surface area contributed by atoms with Crippen LogP contribution >= 0.6 is 0 Å². The van der Waals surface area contributed by atoms with Gasteiger partial charge in [0.2, 0.25) is 15.9 Å². The minimum atomic E-state index is -3.57. The lowest BCUT2D eigenvalue weighted by molar-refractivity contribution is -0.126. The standard InChI is InChI=1S/C25H34N2O4S/c1-19(18-25(2,3)21-8-6-5-7-9-21)26-24(28)20-14-16-27(17-15-20)32(29,30)23-12-10-22(31-4)11-13-23/h5-13,19-20H,14-18H2,1-4H3,(H,26,28)/t19-/m1/s1. The van der Waals surface area contributed by atoms with E-state index in [1.165, 1.54) is 9.87 Å². The number of rotatable bonds is 8. The summed E-state index contributed by atoms with van der Waals surface area (Å²) in [5.74, 6) is 0.464. The summed E-state index contributed by atoms with van der Waals surface area (Å²) in [4.78, 5) is 13.1. The molecule has 0 spiro atoms. The number of sulfonamides is 1. The molecule has 0 aliphatic carbocycles. The smallest absolute Gasteiger partial charge is 0.243 e. The van der Waals surface area contributed by atoms with Gasteiger partial charge in [0.25, 0.3) is 0 Å². The summed E-state index contributed by atoms with van der Waals surface area (Å²) in [7, 11) is -2.02. The van der Waals surface area contributed by atoms with Crippen LogP contribution in [0.15, 0.2) is 59.5 Å². The predicted molar refractivity (Wildman–Crippen MR) is 126 cm³/mol. The van der Waals surface area contributed by atoms with E-state index in [-0.39, 0.29) is 28.2 Å². The van der Waals surface area contributed by atoms with E-state index in [1.807, 2.05) is 25.1 Å². The monoisotopic (exact) mass is 458 g/mol. The van der Waals surface area contributed by atoms with Gasteiger partial charge in [-0.15, -0.1) is 0 Å². The number of methoxy groups -OCH3 is 1. The molecule has 6 nitrogen and oxygen atoms in total. The van der Waals surface area contributed by atoms with Crippen molar-refractivity contribution in [2.75, 3.05) is 20.2 Å². The lowest BCUT2D eigenvalue weighted by Gasteiger charge is -2.33. The Morgan fingerprint density at radius 3 is 2.25 bits per heavy atom. The fourth-order valence-corrected chi connectivity index (χ4v) is 5.91. The van der Waals surface area contributed by atoms with Crippen LogP contribution in [0, 0.1) is 5.92 Å². The van der Waals surface area contributed by atoms with Gasteiger partial charge in [-0.3, -0.25) is 4.79 Å². The zero-order valence-electron chi connectivity index (χ0n) is 19.4. The molecule has 0 bridgehead atoms. The van der Waals surface area contributed by atoms with Crippen LogP contribution in [0.1, 0.15) is 45.6 Å². The number of benzene rings is 2. The van der Waals surface area contributed by atoms with E-state index in [2.05, 4.69) is 31.3 Å². The minimum Gasteiger partial charge on any atom is -0.497 e. The highest BCUT2D eigenvalue weighted by Gasteiger charge is 2.33. The van der Waals surface area contributed by atoms with Crippen molar-refractivity contribution in [3.8, 4) is 5.75 Å². The first kappa shape index (κ1) is 24.3. The number of hydrogen-bond donors (Lipinski definition) is 1. The van der Waals surface area contributed by atoms with Crippen LogP contribution in [-0.4, -0.2) is 44.9 Å². The largest absolute Gasteiger partial charge is 0.497 e. The van der Waals surface area contributed by atoms with Gasteiger partial charge in [-0.2, -0.15) is 4.31 Å². The number of nitrogens with zero attached hydrogens (tertiary/aromatic N) is 1. The SMILES string of the molecule is COc1ccc(S(=O)(=O)N2CCC(C(=O)N[C@H](C)CC(C)(C)c3ccccc3)CC2)cc1. The average molecular weight is 459 g/mol. The van der Waals surface area contributed by atoms with Crippen molar-refractivity contribution in [1.29, 1.82) is 0 Å². The van der Waals surface area contributed by atoms with E-state index < -0.39 is 10.0 Å². The van der Waals surface area contributed by atoms with Gasteiger partial charge >= 0.3 is 0 Å². The Kier molecular flexibility index (Phi) is 7.62. The molecule has 174 valence electrons. The third-order valence-electron chi connectivity index (χ3n) is 6.28. The highest BCUT2D eigenvalue weighted by atomic mass is 32.2. The molecule has 3 rings (SSSR count). The molecular formula is C25H34N2O4S. The van der Waals surface area contributed by atoms with Crippen LogP contribution in [0.2, 0.25) is 0 Å². The van der Waals surface area contributed by atoms with Crippen LogP contribution in [-0.2, 0) is 20.2 Å². The molecule has 1 amide bonds. The molecular weight excluding hydrogens is 424 g/mol. The van der Waals surface area contributed by atoms with E-state index >= 15 is 0 Å². The zero-order chi connectivity index (χ0) is 23.4. The lowest BCUT2D eigenvalue weighted by atomic mass is 9.79. The molecule has 32 heavy (non-hydrogen) atoms. The molecule has 7 heteroatoms. The van der Waals surface area contributed by atoms with Gasteiger partial charge in [-0.25, -0.2) is 8.42 Å². The molecule has 0 aromatic heterocycles. The second-order valence-corrected chi connectivity index (χ2v) is 11.2. The fourth-order valence-electron chi connectivity index (χ4n) is 4.44. The van der Waals surface area contributed by atoms with Crippen molar-refractivity contribution in [2.24, 2.45) is 5.92 Å². The van der Waals surface area contributed by atoms with Crippen LogP contribution in [0.25, 0.3) is 0 Å². The van der Waals surface area contributed by atoms with E-state index in [9.17, 15) is 13.2 Å². The summed E-state index contributed by atoms with van der Waals surface area (Å²) in [6.07, 6.45) is 1.87. The molecule has 0 radical (unpaired) electrons. The lowest BCUT2D eigenvalue weighted by Crippen LogP contribution is -2.45. The van der Waals surface area contributed by atoms with Gasteiger partial charge in [0, 0.05) is 25.0 Å². The first-order valence-corrected chi connectivity index (χ1v) is 12.6. The molecule has 2 aromatic carbocycles. The molecule has 2 aromatic rings. The maximum absolute atomic E-state index is 12.9. The number of piperidine rings is 1. The van der Waals surface area contributed by atoms with Crippen molar-refractivity contribution in [1.82, 2.24) is 9.62 Å². The van der Waals surface area contributed by atoms with Gasteiger partial charge in [-0.1, -0.05) is 44.2 Å². The number of carbonyl (C=O) groups excluding carboxylic acids is 1. The molecule has 1 N–H and O–H groups in total. The summed E-state index contributed by atoms with van der Waals surface area (Å²) in [6.45, 7) is 7.10. The van der Waals surface area contributed by atoms with Gasteiger partial charge in [-0.05, 0) is 61.4 Å². The summed E-state index contributed by atoms with van der Waals surface area (Å²) >= 11 is 0. The third kappa shape index (κ3) is 5.70. The molecule has 1 atom stereocenters. The zero-order valence-corrected chi connectivity index (χ0v) is 20.2. The normalized spacial score (nSPS) is 17.0. The molecule has 1 aliphatic rings. The van der Waals surface area contributed by atoms with Gasteiger partial charge in [0.15, 0.2) is 0 Å². The second kappa shape index (κ2) is 10.0. The van der Waals surface area contributed by atoms with Crippen LogP contribution in [0.4, 0.5) is 0 Å². The number of hydrogen-bond acceptors (Lipinski definition) is 4. The average Bonchev–Trinajstić information content (AvgIpc) is 2.79. The number of amides is 1. The Bertz CT molecular complexity index is 996. The van der Waals surface area contributed by atoms with Crippen molar-refractivity contribution in [2.45, 2.75) is 56.4 Å². The second-order valence-electron chi connectivity index (χ2n) is 9.22. The van der Waals surface area contributed by atoms with Crippen molar-refractivity contribution in [3.63, 3.8) is 0 Å². The molecule has 1 aliphatic heterocycles. The first-order valence-electron chi connectivity index (χ1n) is 11.1. The number of nitrogens with one attached hydrogen (secondary N) is 1. The minimum absolute atomic E-state index is 0.0165. The summed E-state index contributed by atoms with van der Waals surface area (Å²) in [5, 5.41) is 3.15. The molecule has 1 heterocycles. The first-order chi connectivity index (χ1) is 15.1. The highest BCUT2D eigenvalue weighted by Crippen LogP contribution is 2.29. The quantitative estimate of drug-likeness (QED) is 0.650. The van der Waals surface area contributed by atoms with Crippen LogP contribution < -0.4 is 10.1 Å². The van der Waals surface area contributed by atoms with Crippen molar-refractivity contribution < 1.29 is 17.9 Å². The fraction of sp³-hybridized carbons (Fsp3) is 0.480. The van der Waals surface area contributed by atoms with Crippen molar-refractivity contribution >= 4 is 15.9 Å². The number of carbonyl (C=O) groups is 1. The summed E-state index contributed by atoms with van der Waals surface area (Å²) in [5.41, 5.74) is 1.20. The van der Waals surface area contributed by atoms with Gasteiger partial charge in [0.1, 0.15) is 5.75 Å². The van der Waals surface area contributed by atoms with E-state index in [0.29, 0.717) is 31.7 Å². The number of ether oxygens (including phenoxy) is 1. The third-order valence-corrected chi connectivity index (χ3v) is 8.20. The van der Waals surface area contributed by atoms with E-state index in [1.54, 1.807) is 31.4 Å². The molecule has 1 fully saturated rings. The maximum Gasteiger partial charge on any atom is 0.243 e. The van der Waals surface area contributed by atoms with Crippen LogP contribution in [0.3, 0.4) is 0 Å². The van der Waals surface area contributed by atoms with E-state index in [0.717, 1.165) is 6.42 Å². The Hall–Kier alpha value is -2.38. The maximum atomic E-state index is 12.9. The molecule has 1 saturated heterocycles. The van der Waals surface area contributed by atoms with E-state index in [4.69, 9.17) is 4.74 Å². The predicted octanol–water partition coefficient (Wildman–Crippen LogP) is 3.97. The Morgan fingerprint density at radius 2 is 1.69 bits per heavy atom. The summed E-state index contributed by atoms with van der Waals surface area (Å²) < 4.78 is 32.4. The van der Waals surface area contributed by atoms with Crippen molar-refractivity contribution in [3.05, 3.63) is 60.2 Å². The Morgan fingerprint density at radius 1 is 1.09 bits per heavy atom. The molecule has 0 unspecified atom stereocenters. The Balaban J connectivity index is 1.53. The summed E-state index contributed by atoms with van der Waals surface area (Å²) in [6, 6.07) is 16.7. The highest BCUT2D eigenvalue weighted by molar-refractivity contribution is 7.89. The van der Waals surface area contributed by atoms with Gasteiger partial charge < -0.3 is 10.1 Å². The van der Waals surface area contributed by atoms with Crippen LogP contribution in [0.5, 0.6) is 5.75 Å². The topological polar surface area (TPSA) is 75.7 Å². The molecule has 0 saturated carbocycles.